The SMILES string of the molecule is CCCCCCc1ccc2cc(C=Cc3cc4cc5ccccc5cc4s3)sc2c1. The van der Waals surface area contributed by atoms with E-state index in [9.17, 15) is 0 Å². The molecule has 5 rings (SSSR count). The lowest BCUT2D eigenvalue weighted by molar-refractivity contribution is 0.667. The number of benzene rings is 3. The maximum Gasteiger partial charge on any atom is 0.0355 e. The average Bonchev–Trinajstić information content (AvgIpc) is 3.36. The molecule has 0 amide bonds. The average molecular weight is 427 g/mol. The number of thiophene rings is 2. The molecule has 3 aromatic carbocycles. The van der Waals surface area contributed by atoms with E-state index in [0.717, 1.165) is 0 Å². The van der Waals surface area contributed by atoms with Crippen LogP contribution in [0, 0.1) is 0 Å². The second-order valence-corrected chi connectivity index (χ2v) is 10.3. The molecule has 0 atom stereocenters. The predicted molar refractivity (Wildman–Crippen MR) is 138 cm³/mol. The Morgan fingerprint density at radius 3 is 2.10 bits per heavy atom. The van der Waals surface area contributed by atoms with Gasteiger partial charge in [-0.25, -0.2) is 0 Å². The van der Waals surface area contributed by atoms with Crippen LogP contribution >= 0.6 is 22.7 Å². The number of hydrogen-bond acceptors (Lipinski definition) is 2. The van der Waals surface area contributed by atoms with E-state index in [-0.39, 0.29) is 0 Å². The normalized spacial score (nSPS) is 12.0. The van der Waals surface area contributed by atoms with Gasteiger partial charge in [0.05, 0.1) is 0 Å². The summed E-state index contributed by atoms with van der Waals surface area (Å²) in [6.45, 7) is 2.27. The zero-order valence-corrected chi connectivity index (χ0v) is 19.0. The highest BCUT2D eigenvalue weighted by molar-refractivity contribution is 7.20. The van der Waals surface area contributed by atoms with Crippen molar-refractivity contribution in [2.45, 2.75) is 39.0 Å². The summed E-state index contributed by atoms with van der Waals surface area (Å²) >= 11 is 3.77. The lowest BCUT2D eigenvalue weighted by atomic mass is 10.1. The lowest BCUT2D eigenvalue weighted by Crippen LogP contribution is -1.84. The molecule has 150 valence electrons. The van der Waals surface area contributed by atoms with E-state index in [1.807, 2.05) is 22.7 Å². The van der Waals surface area contributed by atoms with Gasteiger partial charge in [-0.1, -0.05) is 62.6 Å². The maximum atomic E-state index is 2.40. The van der Waals surface area contributed by atoms with Crippen molar-refractivity contribution in [1.82, 2.24) is 0 Å². The van der Waals surface area contributed by atoms with Crippen LogP contribution in [-0.4, -0.2) is 0 Å². The zero-order valence-electron chi connectivity index (χ0n) is 17.4. The van der Waals surface area contributed by atoms with Crippen molar-refractivity contribution in [3.63, 3.8) is 0 Å². The van der Waals surface area contributed by atoms with Crippen molar-refractivity contribution in [2.75, 3.05) is 0 Å². The van der Waals surface area contributed by atoms with E-state index >= 15 is 0 Å². The Morgan fingerprint density at radius 2 is 1.33 bits per heavy atom. The van der Waals surface area contributed by atoms with E-state index in [0.29, 0.717) is 0 Å². The van der Waals surface area contributed by atoms with Gasteiger partial charge < -0.3 is 0 Å². The summed E-state index contributed by atoms with van der Waals surface area (Å²) < 4.78 is 2.77. The van der Waals surface area contributed by atoms with Crippen molar-refractivity contribution >= 4 is 65.8 Å². The van der Waals surface area contributed by atoms with Crippen LogP contribution in [0.3, 0.4) is 0 Å². The summed E-state index contributed by atoms with van der Waals surface area (Å²) in [6, 6.07) is 24.9. The minimum atomic E-state index is 1.20. The van der Waals surface area contributed by atoms with Crippen molar-refractivity contribution in [2.24, 2.45) is 0 Å². The molecule has 0 unspecified atom stereocenters. The van der Waals surface area contributed by atoms with Crippen LogP contribution in [0.25, 0.3) is 43.1 Å². The Hall–Kier alpha value is -2.42. The van der Waals surface area contributed by atoms with E-state index < -0.39 is 0 Å². The number of hydrogen-bond donors (Lipinski definition) is 0. The molecule has 0 aliphatic heterocycles. The van der Waals surface area contributed by atoms with E-state index in [2.05, 4.69) is 85.8 Å². The third-order valence-electron chi connectivity index (χ3n) is 5.74. The molecule has 0 aliphatic carbocycles. The fourth-order valence-corrected chi connectivity index (χ4v) is 6.11. The summed E-state index contributed by atoms with van der Waals surface area (Å²) in [7, 11) is 0. The molecule has 0 N–H and O–H groups in total. The van der Waals surface area contributed by atoms with Crippen LogP contribution in [0.1, 0.15) is 47.9 Å². The van der Waals surface area contributed by atoms with Gasteiger partial charge >= 0.3 is 0 Å². The van der Waals surface area contributed by atoms with E-state index in [1.54, 1.807) is 0 Å². The maximum absolute atomic E-state index is 2.40. The van der Waals surface area contributed by atoms with Crippen LogP contribution in [-0.2, 0) is 6.42 Å². The van der Waals surface area contributed by atoms with E-state index in [4.69, 9.17) is 0 Å². The van der Waals surface area contributed by atoms with Gasteiger partial charge in [0, 0.05) is 19.2 Å². The van der Waals surface area contributed by atoms with Gasteiger partial charge in [0.2, 0.25) is 0 Å². The first-order chi connectivity index (χ1) is 14.8. The molecule has 30 heavy (non-hydrogen) atoms. The molecule has 5 aromatic rings. The summed E-state index contributed by atoms with van der Waals surface area (Å²) in [5.74, 6) is 0. The molecular weight excluding hydrogens is 400 g/mol. The third-order valence-corrected chi connectivity index (χ3v) is 7.86. The highest BCUT2D eigenvalue weighted by Crippen LogP contribution is 2.32. The number of fused-ring (bicyclic) bond motifs is 3. The quantitative estimate of drug-likeness (QED) is 0.227. The highest BCUT2D eigenvalue weighted by Gasteiger charge is 2.04. The van der Waals surface area contributed by atoms with Gasteiger partial charge in [0.1, 0.15) is 0 Å². The smallest absolute Gasteiger partial charge is 0.0355 e. The minimum Gasteiger partial charge on any atom is -0.136 e. The summed E-state index contributed by atoms with van der Waals surface area (Å²) in [4.78, 5) is 2.64. The second-order valence-electron chi connectivity index (χ2n) is 8.05. The number of rotatable bonds is 7. The largest absolute Gasteiger partial charge is 0.136 e. The van der Waals surface area contributed by atoms with Gasteiger partial charge in [-0.05, 0) is 82.4 Å². The van der Waals surface area contributed by atoms with Gasteiger partial charge in [-0.2, -0.15) is 0 Å². The predicted octanol–water partition coefficient (Wildman–Crippen LogP) is 9.56. The Balaban J connectivity index is 1.36. The molecule has 0 bridgehead atoms. The van der Waals surface area contributed by atoms with Crippen molar-refractivity contribution in [3.05, 3.63) is 82.0 Å². The molecule has 0 nitrogen and oxygen atoms in total. The molecule has 0 aliphatic rings. The Bertz CT molecular complexity index is 1280. The van der Waals surface area contributed by atoms with Crippen LogP contribution in [0.15, 0.2) is 66.7 Å². The zero-order chi connectivity index (χ0) is 20.3. The fraction of sp³-hybridized carbons (Fsp3) is 0.214. The van der Waals surface area contributed by atoms with Crippen molar-refractivity contribution in [1.29, 1.82) is 0 Å². The molecule has 0 spiro atoms. The van der Waals surface area contributed by atoms with Gasteiger partial charge in [-0.15, -0.1) is 22.7 Å². The molecule has 0 radical (unpaired) electrons. The molecule has 0 saturated carbocycles. The van der Waals surface area contributed by atoms with Crippen LogP contribution in [0.4, 0.5) is 0 Å². The Labute approximate surface area is 186 Å². The number of unbranched alkanes of at least 4 members (excludes halogenated alkanes) is 3. The first kappa shape index (κ1) is 19.5. The first-order valence-electron chi connectivity index (χ1n) is 10.9. The van der Waals surface area contributed by atoms with Crippen LogP contribution in [0.2, 0.25) is 0 Å². The molecule has 2 aromatic heterocycles. The highest BCUT2D eigenvalue weighted by atomic mass is 32.1. The molecular formula is C28H26S2. The standard InChI is InChI=1S/C28H26S2/c1-2-3-4-5-8-20-11-12-23-17-25(29-27(23)15-20)13-14-26-18-24-16-21-9-6-7-10-22(21)19-28(24)30-26/h6-7,9-19H,2-5,8H2,1H3. The van der Waals surface area contributed by atoms with Crippen LogP contribution in [0.5, 0.6) is 0 Å². The Kier molecular flexibility index (Phi) is 5.70. The van der Waals surface area contributed by atoms with Gasteiger partial charge in [-0.3, -0.25) is 0 Å². The van der Waals surface area contributed by atoms with E-state index in [1.165, 1.54) is 78.4 Å². The van der Waals surface area contributed by atoms with Gasteiger partial charge in [0.15, 0.2) is 0 Å². The lowest BCUT2D eigenvalue weighted by Gasteiger charge is -2.01. The molecule has 0 saturated heterocycles. The minimum absolute atomic E-state index is 1.20. The van der Waals surface area contributed by atoms with Crippen molar-refractivity contribution < 1.29 is 0 Å². The Morgan fingerprint density at radius 1 is 0.633 bits per heavy atom. The fourth-order valence-electron chi connectivity index (χ4n) is 4.08. The monoisotopic (exact) mass is 426 g/mol. The summed E-state index contributed by atoms with van der Waals surface area (Å²) in [6.07, 6.45) is 11.0. The first-order valence-corrected chi connectivity index (χ1v) is 12.5. The summed E-state index contributed by atoms with van der Waals surface area (Å²) in [5, 5.41) is 5.33. The molecule has 2 heterocycles. The van der Waals surface area contributed by atoms with Crippen molar-refractivity contribution in [3.8, 4) is 0 Å². The second kappa shape index (κ2) is 8.75. The number of aryl methyl sites for hydroxylation is 1. The van der Waals surface area contributed by atoms with Crippen LogP contribution < -0.4 is 0 Å². The topological polar surface area (TPSA) is 0 Å². The summed E-state index contributed by atoms with van der Waals surface area (Å²) in [5.41, 5.74) is 1.48. The molecule has 2 heteroatoms. The van der Waals surface area contributed by atoms with Gasteiger partial charge in [0.25, 0.3) is 0 Å². The molecule has 0 fully saturated rings. The third kappa shape index (κ3) is 4.21.